The van der Waals surface area contributed by atoms with E-state index in [9.17, 15) is 4.79 Å². The lowest BCUT2D eigenvalue weighted by Crippen LogP contribution is -2.27. The molecule has 0 saturated carbocycles. The zero-order valence-electron chi connectivity index (χ0n) is 13.0. The second-order valence-electron chi connectivity index (χ2n) is 5.87. The number of ether oxygens (including phenoxy) is 1. The number of carbonyl (C=O) groups is 1. The third-order valence-electron chi connectivity index (χ3n) is 2.74. The summed E-state index contributed by atoms with van der Waals surface area (Å²) in [5, 5.41) is 15.9. The van der Waals surface area contributed by atoms with Crippen LogP contribution in [0.1, 0.15) is 32.0 Å². The van der Waals surface area contributed by atoms with E-state index in [1.807, 2.05) is 13.0 Å². The molecule has 6 heteroatoms. The van der Waals surface area contributed by atoms with Crippen LogP contribution in [0.15, 0.2) is 30.3 Å². The maximum Gasteiger partial charge on any atom is 0.413 e. The minimum Gasteiger partial charge on any atom is -0.444 e. The van der Waals surface area contributed by atoms with E-state index in [2.05, 4.69) is 16.5 Å². The van der Waals surface area contributed by atoms with Crippen molar-refractivity contribution in [3.63, 3.8) is 0 Å². The molecule has 2 rings (SSSR count). The number of aryl methyl sites for hydroxylation is 1. The fourth-order valence-corrected chi connectivity index (χ4v) is 1.91. The number of carbonyl (C=O) groups excluding carboxylic acids is 1. The number of nitriles is 1. The molecule has 6 nitrogen and oxygen atoms in total. The van der Waals surface area contributed by atoms with E-state index in [1.165, 1.54) is 0 Å². The number of nitrogens with one attached hydrogen (secondary N) is 1. The molecule has 1 aromatic heterocycles. The van der Waals surface area contributed by atoms with Crippen molar-refractivity contribution < 1.29 is 9.53 Å². The van der Waals surface area contributed by atoms with E-state index in [-0.39, 0.29) is 0 Å². The Bertz CT molecular complexity index is 735. The van der Waals surface area contributed by atoms with Crippen LogP contribution in [0.3, 0.4) is 0 Å². The third-order valence-corrected chi connectivity index (χ3v) is 2.74. The van der Waals surface area contributed by atoms with Crippen LogP contribution in [0.4, 0.5) is 10.6 Å². The van der Waals surface area contributed by atoms with Crippen molar-refractivity contribution in [1.29, 1.82) is 5.26 Å². The lowest BCUT2D eigenvalue weighted by Gasteiger charge is -2.19. The van der Waals surface area contributed by atoms with Gasteiger partial charge in [-0.25, -0.2) is 9.48 Å². The van der Waals surface area contributed by atoms with Gasteiger partial charge in [0.2, 0.25) is 0 Å². The standard InChI is InChI=1S/C16H18N4O2/c1-11-8-14(18-15(21)22-16(2,3)4)19-20(11)13-7-5-6-12(9-13)10-17/h5-9H,1-4H3,(H,18,19,21). The van der Waals surface area contributed by atoms with E-state index in [1.54, 1.807) is 49.7 Å². The molecule has 1 aromatic carbocycles. The minimum atomic E-state index is -0.567. The number of amides is 1. The van der Waals surface area contributed by atoms with E-state index >= 15 is 0 Å². The van der Waals surface area contributed by atoms with Crippen molar-refractivity contribution in [1.82, 2.24) is 9.78 Å². The molecule has 114 valence electrons. The van der Waals surface area contributed by atoms with Crippen LogP contribution >= 0.6 is 0 Å². The van der Waals surface area contributed by atoms with Gasteiger partial charge in [0.25, 0.3) is 0 Å². The molecule has 1 amide bonds. The summed E-state index contributed by atoms with van der Waals surface area (Å²) < 4.78 is 6.85. The summed E-state index contributed by atoms with van der Waals surface area (Å²) >= 11 is 0. The average Bonchev–Trinajstić information content (AvgIpc) is 2.77. The number of aromatic nitrogens is 2. The Morgan fingerprint density at radius 3 is 2.73 bits per heavy atom. The topological polar surface area (TPSA) is 79.9 Å². The van der Waals surface area contributed by atoms with Gasteiger partial charge in [-0.1, -0.05) is 6.07 Å². The first-order valence-electron chi connectivity index (χ1n) is 6.86. The maximum atomic E-state index is 11.8. The molecule has 0 fully saturated rings. The van der Waals surface area contributed by atoms with E-state index in [0.29, 0.717) is 11.4 Å². The predicted octanol–water partition coefficient (Wildman–Crippen LogP) is 3.40. The molecule has 0 spiro atoms. The van der Waals surface area contributed by atoms with Crippen molar-refractivity contribution in [2.75, 3.05) is 5.32 Å². The lowest BCUT2D eigenvalue weighted by molar-refractivity contribution is 0.0635. The number of nitrogens with zero attached hydrogens (tertiary/aromatic N) is 3. The number of anilines is 1. The van der Waals surface area contributed by atoms with Gasteiger partial charge in [0.05, 0.1) is 17.3 Å². The molecule has 1 N–H and O–H groups in total. The van der Waals surface area contributed by atoms with Crippen LogP contribution in [0.25, 0.3) is 5.69 Å². The Morgan fingerprint density at radius 1 is 1.36 bits per heavy atom. The highest BCUT2D eigenvalue weighted by atomic mass is 16.6. The second kappa shape index (κ2) is 5.90. The van der Waals surface area contributed by atoms with Crippen LogP contribution in [0.2, 0.25) is 0 Å². The fourth-order valence-electron chi connectivity index (χ4n) is 1.91. The van der Waals surface area contributed by atoms with Crippen molar-refractivity contribution in [2.45, 2.75) is 33.3 Å². The van der Waals surface area contributed by atoms with Crippen LogP contribution in [0, 0.1) is 18.3 Å². The lowest BCUT2D eigenvalue weighted by atomic mass is 10.2. The van der Waals surface area contributed by atoms with Crippen LogP contribution in [-0.2, 0) is 4.74 Å². The number of hydrogen-bond acceptors (Lipinski definition) is 4. The summed E-state index contributed by atoms with van der Waals surface area (Å²) in [7, 11) is 0. The molecule has 0 saturated heterocycles. The van der Waals surface area contributed by atoms with Crippen molar-refractivity contribution in [3.05, 3.63) is 41.6 Å². The summed E-state index contributed by atoms with van der Waals surface area (Å²) in [6, 6.07) is 10.9. The molecule has 22 heavy (non-hydrogen) atoms. The maximum absolute atomic E-state index is 11.8. The normalized spacial score (nSPS) is 10.9. The van der Waals surface area contributed by atoms with Crippen LogP contribution < -0.4 is 5.32 Å². The van der Waals surface area contributed by atoms with Gasteiger partial charge in [-0.3, -0.25) is 5.32 Å². The van der Waals surface area contributed by atoms with Crippen LogP contribution in [0.5, 0.6) is 0 Å². The largest absolute Gasteiger partial charge is 0.444 e. The first-order valence-corrected chi connectivity index (χ1v) is 6.86. The zero-order valence-corrected chi connectivity index (χ0v) is 13.0. The Hall–Kier alpha value is -2.81. The number of rotatable bonds is 2. The average molecular weight is 298 g/mol. The quantitative estimate of drug-likeness (QED) is 0.921. The first kappa shape index (κ1) is 15.6. The summed E-state index contributed by atoms with van der Waals surface area (Å²) in [4.78, 5) is 11.8. The molecule has 1 heterocycles. The molecule has 2 aromatic rings. The SMILES string of the molecule is Cc1cc(NC(=O)OC(C)(C)C)nn1-c1cccc(C#N)c1. The molecular weight excluding hydrogens is 280 g/mol. The monoisotopic (exact) mass is 298 g/mol. The van der Waals surface area contributed by atoms with E-state index in [0.717, 1.165) is 11.4 Å². The van der Waals surface area contributed by atoms with E-state index < -0.39 is 11.7 Å². The Labute approximate surface area is 129 Å². The highest BCUT2D eigenvalue weighted by Crippen LogP contribution is 2.17. The second-order valence-corrected chi connectivity index (χ2v) is 5.87. The fraction of sp³-hybridized carbons (Fsp3) is 0.312. The smallest absolute Gasteiger partial charge is 0.413 e. The first-order chi connectivity index (χ1) is 10.3. The van der Waals surface area contributed by atoms with Crippen LogP contribution in [-0.4, -0.2) is 21.5 Å². The van der Waals surface area contributed by atoms with Gasteiger partial charge in [-0.05, 0) is 45.9 Å². The molecular formula is C16H18N4O2. The minimum absolute atomic E-state index is 0.397. The molecule has 0 atom stereocenters. The summed E-state index contributed by atoms with van der Waals surface area (Å²) in [5.41, 5.74) is 1.58. The van der Waals surface area contributed by atoms with Gasteiger partial charge >= 0.3 is 6.09 Å². The van der Waals surface area contributed by atoms with Crippen molar-refractivity contribution in [3.8, 4) is 11.8 Å². The number of hydrogen-bond donors (Lipinski definition) is 1. The predicted molar refractivity (Wildman–Crippen MR) is 82.9 cm³/mol. The highest BCUT2D eigenvalue weighted by Gasteiger charge is 2.17. The molecule has 0 aliphatic heterocycles. The Morgan fingerprint density at radius 2 is 2.09 bits per heavy atom. The summed E-state index contributed by atoms with van der Waals surface area (Å²) in [6.45, 7) is 7.25. The number of benzene rings is 1. The molecule has 0 radical (unpaired) electrons. The summed E-state index contributed by atoms with van der Waals surface area (Å²) in [5.74, 6) is 0.397. The molecule has 0 bridgehead atoms. The molecule has 0 unspecified atom stereocenters. The molecule has 0 aliphatic carbocycles. The molecule has 0 aliphatic rings. The zero-order chi connectivity index (χ0) is 16.3. The van der Waals surface area contributed by atoms with Gasteiger partial charge in [-0.15, -0.1) is 5.10 Å². The third kappa shape index (κ3) is 3.85. The Kier molecular flexibility index (Phi) is 4.18. The van der Waals surface area contributed by atoms with Gasteiger partial charge in [0.1, 0.15) is 5.60 Å². The Balaban J connectivity index is 2.21. The van der Waals surface area contributed by atoms with Crippen molar-refractivity contribution >= 4 is 11.9 Å². The summed E-state index contributed by atoms with van der Waals surface area (Å²) in [6.07, 6.45) is -0.553. The van der Waals surface area contributed by atoms with Crippen molar-refractivity contribution in [2.24, 2.45) is 0 Å². The highest BCUT2D eigenvalue weighted by molar-refractivity contribution is 5.83. The van der Waals surface area contributed by atoms with Gasteiger partial charge in [0, 0.05) is 11.8 Å². The van der Waals surface area contributed by atoms with Gasteiger partial charge in [0.15, 0.2) is 5.82 Å². The van der Waals surface area contributed by atoms with E-state index in [4.69, 9.17) is 10.00 Å². The van der Waals surface area contributed by atoms with Gasteiger partial charge < -0.3 is 4.74 Å². The van der Waals surface area contributed by atoms with Gasteiger partial charge in [-0.2, -0.15) is 5.26 Å².